The van der Waals surface area contributed by atoms with E-state index in [0.29, 0.717) is 10.8 Å². The molecule has 19 heavy (non-hydrogen) atoms. The van der Waals surface area contributed by atoms with Crippen molar-refractivity contribution in [3.63, 3.8) is 0 Å². The molecule has 5 nitrogen and oxygen atoms in total. The first kappa shape index (κ1) is 13.8. The first-order valence-corrected chi connectivity index (χ1v) is 7.18. The highest BCUT2D eigenvalue weighted by atomic mass is 32.1. The van der Waals surface area contributed by atoms with Crippen molar-refractivity contribution in [2.45, 2.75) is 0 Å². The summed E-state index contributed by atoms with van der Waals surface area (Å²) < 4.78 is 0. The van der Waals surface area contributed by atoms with Crippen LogP contribution in [0.3, 0.4) is 0 Å². The van der Waals surface area contributed by atoms with Gasteiger partial charge in [0.15, 0.2) is 0 Å². The summed E-state index contributed by atoms with van der Waals surface area (Å²) in [5, 5.41) is 20.2. The minimum Gasteiger partial charge on any atom is -0.506 e. The molecule has 0 saturated carbocycles. The van der Waals surface area contributed by atoms with E-state index in [-0.39, 0.29) is 5.75 Å². The number of hydrogen-bond acceptors (Lipinski definition) is 7. The summed E-state index contributed by atoms with van der Waals surface area (Å²) in [4.78, 5) is 6.00. The topological polar surface area (TPSA) is 61.1 Å². The van der Waals surface area contributed by atoms with Crippen LogP contribution in [0.25, 0.3) is 0 Å². The lowest BCUT2D eigenvalue weighted by atomic mass is 10.2. The first-order chi connectivity index (χ1) is 9.20. The Morgan fingerprint density at radius 3 is 2.89 bits per heavy atom. The third-order valence-corrected chi connectivity index (χ3v) is 3.35. The molecular weight excluding hydrogens is 280 g/mol. The second-order valence-electron chi connectivity index (χ2n) is 3.83. The van der Waals surface area contributed by atoms with Gasteiger partial charge in [0.2, 0.25) is 5.13 Å². The standard InChI is InChI=1S/C12H14N4OS2/c1-16(5-6-18)9-2-3-10(11(17)8-9)14-15-12-13-4-7-19-12/h2-4,7-8,17-18H,5-6H2,1H3. The molecule has 1 aromatic heterocycles. The molecule has 0 unspecified atom stereocenters. The lowest BCUT2D eigenvalue weighted by Crippen LogP contribution is -2.19. The Kier molecular flexibility index (Phi) is 4.75. The van der Waals surface area contributed by atoms with Gasteiger partial charge in [0.1, 0.15) is 11.4 Å². The third-order valence-electron chi connectivity index (χ3n) is 2.50. The maximum absolute atomic E-state index is 9.92. The van der Waals surface area contributed by atoms with E-state index in [0.717, 1.165) is 18.0 Å². The number of phenols is 1. The Hall–Kier alpha value is -1.60. The van der Waals surface area contributed by atoms with Gasteiger partial charge in [-0.1, -0.05) is 0 Å². The molecule has 0 saturated heterocycles. The Labute approximate surface area is 121 Å². The molecule has 0 aliphatic carbocycles. The van der Waals surface area contributed by atoms with Crippen LogP contribution < -0.4 is 4.90 Å². The summed E-state index contributed by atoms with van der Waals surface area (Å²) in [5.74, 6) is 0.854. The van der Waals surface area contributed by atoms with Crippen molar-refractivity contribution in [3.05, 3.63) is 29.8 Å². The number of benzene rings is 1. The fraction of sp³-hybridized carbons (Fsp3) is 0.250. The summed E-state index contributed by atoms with van der Waals surface area (Å²) in [6.07, 6.45) is 1.66. The molecule has 0 aliphatic rings. The molecule has 1 N–H and O–H groups in total. The van der Waals surface area contributed by atoms with Crippen LogP contribution in [0.15, 0.2) is 40.0 Å². The average Bonchev–Trinajstić information content (AvgIpc) is 2.90. The second kappa shape index (κ2) is 6.53. The Morgan fingerprint density at radius 2 is 2.26 bits per heavy atom. The van der Waals surface area contributed by atoms with E-state index in [1.807, 2.05) is 23.4 Å². The molecule has 1 aromatic carbocycles. The Bertz CT molecular complexity index is 557. The molecule has 0 amide bonds. The SMILES string of the molecule is CN(CCS)c1ccc(N=Nc2nccs2)c(O)c1. The van der Waals surface area contributed by atoms with E-state index < -0.39 is 0 Å². The van der Waals surface area contributed by atoms with Crippen LogP contribution >= 0.6 is 24.0 Å². The number of hydrogen-bond donors (Lipinski definition) is 2. The monoisotopic (exact) mass is 294 g/mol. The van der Waals surface area contributed by atoms with Crippen LogP contribution in [-0.2, 0) is 0 Å². The van der Waals surface area contributed by atoms with Crippen LogP contribution in [-0.4, -0.2) is 29.4 Å². The van der Waals surface area contributed by atoms with Crippen molar-refractivity contribution < 1.29 is 5.11 Å². The smallest absolute Gasteiger partial charge is 0.229 e. The van der Waals surface area contributed by atoms with E-state index >= 15 is 0 Å². The minimum absolute atomic E-state index is 0.101. The van der Waals surface area contributed by atoms with Crippen molar-refractivity contribution in [2.75, 3.05) is 24.2 Å². The highest BCUT2D eigenvalue weighted by Gasteiger charge is 2.05. The number of thiazole rings is 1. The summed E-state index contributed by atoms with van der Waals surface area (Å²) in [6, 6.07) is 5.29. The number of anilines is 1. The van der Waals surface area contributed by atoms with Crippen molar-refractivity contribution in [3.8, 4) is 5.75 Å². The van der Waals surface area contributed by atoms with Gasteiger partial charge < -0.3 is 10.0 Å². The molecule has 0 bridgehead atoms. The molecule has 0 radical (unpaired) electrons. The zero-order valence-corrected chi connectivity index (χ0v) is 12.1. The lowest BCUT2D eigenvalue weighted by Gasteiger charge is -2.18. The van der Waals surface area contributed by atoms with Crippen LogP contribution in [0.4, 0.5) is 16.5 Å². The van der Waals surface area contributed by atoms with E-state index in [1.54, 1.807) is 18.3 Å². The fourth-order valence-electron chi connectivity index (χ4n) is 1.47. The fourth-order valence-corrected chi connectivity index (χ4v) is 2.23. The van der Waals surface area contributed by atoms with E-state index in [4.69, 9.17) is 0 Å². The molecular formula is C12H14N4OS2. The van der Waals surface area contributed by atoms with E-state index in [9.17, 15) is 5.11 Å². The number of rotatable bonds is 5. The summed E-state index contributed by atoms with van der Waals surface area (Å²) in [5.41, 5.74) is 1.35. The van der Waals surface area contributed by atoms with Gasteiger partial charge in [-0.25, -0.2) is 4.98 Å². The van der Waals surface area contributed by atoms with Crippen molar-refractivity contribution in [2.24, 2.45) is 10.2 Å². The molecule has 2 aromatic rings. The summed E-state index contributed by atoms with van der Waals surface area (Å²) in [7, 11) is 1.95. The third kappa shape index (κ3) is 3.68. The molecule has 0 fully saturated rings. The summed E-state index contributed by atoms with van der Waals surface area (Å²) in [6.45, 7) is 0.808. The number of aromatic nitrogens is 1. The maximum atomic E-state index is 9.92. The molecule has 0 spiro atoms. The molecule has 7 heteroatoms. The number of nitrogens with zero attached hydrogens (tertiary/aromatic N) is 4. The number of azo groups is 1. The second-order valence-corrected chi connectivity index (χ2v) is 5.15. The predicted molar refractivity (Wildman–Crippen MR) is 81.5 cm³/mol. The predicted octanol–water partition coefficient (Wildman–Crippen LogP) is 3.63. The lowest BCUT2D eigenvalue weighted by molar-refractivity contribution is 0.476. The van der Waals surface area contributed by atoms with Gasteiger partial charge >= 0.3 is 0 Å². The molecule has 0 aliphatic heterocycles. The van der Waals surface area contributed by atoms with Crippen molar-refractivity contribution >= 4 is 40.5 Å². The van der Waals surface area contributed by atoms with Gasteiger partial charge in [-0.3, -0.25) is 0 Å². The van der Waals surface area contributed by atoms with Gasteiger partial charge in [0, 0.05) is 42.7 Å². The summed E-state index contributed by atoms with van der Waals surface area (Å²) >= 11 is 5.57. The van der Waals surface area contributed by atoms with Crippen LogP contribution in [0.1, 0.15) is 0 Å². The van der Waals surface area contributed by atoms with Gasteiger partial charge in [0.25, 0.3) is 0 Å². The first-order valence-electron chi connectivity index (χ1n) is 5.67. The van der Waals surface area contributed by atoms with Crippen LogP contribution in [0, 0.1) is 0 Å². The Balaban J connectivity index is 2.15. The average molecular weight is 294 g/mol. The Morgan fingerprint density at radius 1 is 1.42 bits per heavy atom. The highest BCUT2D eigenvalue weighted by molar-refractivity contribution is 7.80. The largest absolute Gasteiger partial charge is 0.506 e. The van der Waals surface area contributed by atoms with Gasteiger partial charge in [-0.05, 0) is 12.1 Å². The number of thiol groups is 1. The molecule has 100 valence electrons. The molecule has 1 heterocycles. The van der Waals surface area contributed by atoms with E-state index in [2.05, 4.69) is 27.8 Å². The van der Waals surface area contributed by atoms with Gasteiger partial charge in [-0.15, -0.1) is 21.6 Å². The highest BCUT2D eigenvalue weighted by Crippen LogP contribution is 2.32. The number of aromatic hydroxyl groups is 1. The van der Waals surface area contributed by atoms with E-state index in [1.165, 1.54) is 11.3 Å². The molecule has 0 atom stereocenters. The number of phenolic OH excluding ortho intramolecular Hbond substituents is 1. The van der Waals surface area contributed by atoms with Gasteiger partial charge in [0.05, 0.1) is 0 Å². The minimum atomic E-state index is 0.101. The zero-order chi connectivity index (χ0) is 13.7. The van der Waals surface area contributed by atoms with Crippen molar-refractivity contribution in [1.82, 2.24) is 4.98 Å². The maximum Gasteiger partial charge on any atom is 0.229 e. The van der Waals surface area contributed by atoms with Crippen LogP contribution in [0.5, 0.6) is 5.75 Å². The molecule has 2 rings (SSSR count). The normalized spacial score (nSPS) is 11.1. The van der Waals surface area contributed by atoms with Gasteiger partial charge in [-0.2, -0.15) is 12.6 Å². The van der Waals surface area contributed by atoms with Crippen molar-refractivity contribution in [1.29, 1.82) is 0 Å². The zero-order valence-electron chi connectivity index (χ0n) is 10.4. The quantitative estimate of drug-likeness (QED) is 0.654. The van der Waals surface area contributed by atoms with Crippen LogP contribution in [0.2, 0.25) is 0 Å².